The highest BCUT2D eigenvalue weighted by atomic mass is 35.5. The van der Waals surface area contributed by atoms with E-state index < -0.39 is 71.9 Å². The van der Waals surface area contributed by atoms with Gasteiger partial charge in [-0.1, -0.05) is 47.1 Å². The zero-order chi connectivity index (χ0) is 25.8. The Morgan fingerprint density at radius 3 is 2.17 bits per heavy atom. The van der Waals surface area contributed by atoms with Crippen molar-refractivity contribution in [3.05, 3.63) is 70.0 Å². The molecule has 1 amide bonds. The second-order valence-corrected chi connectivity index (χ2v) is 8.75. The standard InChI is InChI=1S/C22H15ClF8N2O2/c23-15-7-14(5-6-16(15)24)20(22(29,30)31)8-17(32-35-20)12-1-3-13(4-2-12)19(25)10-33(11-19)18(34)9-21(26,27)28/h1-7H,8-11H2. The molecule has 2 aromatic rings. The third-order valence-electron chi connectivity index (χ3n) is 5.89. The molecular weight excluding hydrogens is 512 g/mol. The van der Waals surface area contributed by atoms with Crippen LogP contribution in [0.1, 0.15) is 29.5 Å². The van der Waals surface area contributed by atoms with Crippen LogP contribution in [-0.2, 0) is 20.9 Å². The van der Waals surface area contributed by atoms with Crippen LogP contribution >= 0.6 is 11.6 Å². The SMILES string of the molecule is O=C(CC(F)(F)F)N1CC(F)(c2ccc(C3=NOC(c4ccc(F)c(Cl)c4)(C(F)(F)F)C3)cc2)C1. The number of carbonyl (C=O) groups excluding carboxylic acids is 1. The van der Waals surface area contributed by atoms with Crippen LogP contribution in [0.3, 0.4) is 0 Å². The van der Waals surface area contributed by atoms with Gasteiger partial charge in [-0.2, -0.15) is 26.3 Å². The third-order valence-corrected chi connectivity index (χ3v) is 6.18. The van der Waals surface area contributed by atoms with Gasteiger partial charge in [-0.15, -0.1) is 0 Å². The molecule has 13 heteroatoms. The molecule has 0 saturated carbocycles. The summed E-state index contributed by atoms with van der Waals surface area (Å²) in [5.74, 6) is -2.15. The van der Waals surface area contributed by atoms with Crippen LogP contribution in [0.2, 0.25) is 5.02 Å². The quantitative estimate of drug-likeness (QED) is 0.457. The molecular formula is C22H15ClF8N2O2. The minimum Gasteiger partial charge on any atom is -0.374 e. The lowest BCUT2D eigenvalue weighted by Crippen LogP contribution is -2.59. The first kappa shape index (κ1) is 25.2. The summed E-state index contributed by atoms with van der Waals surface area (Å²) in [6, 6.07) is 7.58. The molecule has 2 aromatic carbocycles. The van der Waals surface area contributed by atoms with Crippen molar-refractivity contribution in [3.8, 4) is 0 Å². The van der Waals surface area contributed by atoms with Crippen LogP contribution in [-0.4, -0.2) is 42.0 Å². The van der Waals surface area contributed by atoms with Crippen molar-refractivity contribution in [1.82, 2.24) is 4.90 Å². The molecule has 2 aliphatic rings. The van der Waals surface area contributed by atoms with Gasteiger partial charge in [0, 0.05) is 12.0 Å². The van der Waals surface area contributed by atoms with Crippen LogP contribution in [0.4, 0.5) is 35.1 Å². The first-order valence-corrected chi connectivity index (χ1v) is 10.4. The summed E-state index contributed by atoms with van der Waals surface area (Å²) in [6.45, 7) is -1.15. The third kappa shape index (κ3) is 4.67. The average molecular weight is 527 g/mol. The van der Waals surface area contributed by atoms with Crippen molar-refractivity contribution in [2.24, 2.45) is 5.16 Å². The summed E-state index contributed by atoms with van der Waals surface area (Å²) in [5.41, 5.74) is -5.34. The van der Waals surface area contributed by atoms with E-state index in [4.69, 9.17) is 16.4 Å². The van der Waals surface area contributed by atoms with Gasteiger partial charge in [0.15, 0.2) is 5.67 Å². The van der Waals surface area contributed by atoms with Gasteiger partial charge in [0.1, 0.15) is 12.2 Å². The number of carbonyl (C=O) groups is 1. The first-order chi connectivity index (χ1) is 16.1. The van der Waals surface area contributed by atoms with Gasteiger partial charge < -0.3 is 9.74 Å². The molecule has 0 N–H and O–H groups in total. The second-order valence-electron chi connectivity index (χ2n) is 8.34. The number of halogens is 9. The van der Waals surface area contributed by atoms with Gasteiger partial charge in [0.25, 0.3) is 5.60 Å². The smallest absolute Gasteiger partial charge is 0.374 e. The van der Waals surface area contributed by atoms with E-state index >= 15 is 4.39 Å². The summed E-state index contributed by atoms with van der Waals surface area (Å²) in [7, 11) is 0. The summed E-state index contributed by atoms with van der Waals surface area (Å²) >= 11 is 5.65. The Bertz CT molecular complexity index is 1170. The lowest BCUT2D eigenvalue weighted by Gasteiger charge is -2.44. The van der Waals surface area contributed by atoms with E-state index in [1.807, 2.05) is 0 Å². The Morgan fingerprint density at radius 1 is 1.03 bits per heavy atom. The predicted molar refractivity (Wildman–Crippen MR) is 108 cm³/mol. The number of hydrogen-bond donors (Lipinski definition) is 0. The molecule has 2 heterocycles. The van der Waals surface area contributed by atoms with E-state index in [2.05, 4.69) is 5.16 Å². The van der Waals surface area contributed by atoms with E-state index in [1.54, 1.807) is 0 Å². The summed E-state index contributed by atoms with van der Waals surface area (Å²) in [5, 5.41) is 3.03. The fourth-order valence-electron chi connectivity index (χ4n) is 3.97. The number of hydrogen-bond acceptors (Lipinski definition) is 3. The fraction of sp³-hybridized carbons (Fsp3) is 0.364. The number of nitrogens with zero attached hydrogens (tertiary/aromatic N) is 2. The van der Waals surface area contributed by atoms with Crippen molar-refractivity contribution in [1.29, 1.82) is 0 Å². The van der Waals surface area contributed by atoms with Gasteiger partial charge in [0.05, 0.1) is 23.8 Å². The number of amides is 1. The lowest BCUT2D eigenvalue weighted by atomic mass is 9.84. The summed E-state index contributed by atoms with van der Waals surface area (Å²) in [4.78, 5) is 17.1. The number of likely N-dealkylation sites (tertiary alicyclic amines) is 1. The Morgan fingerprint density at radius 2 is 1.63 bits per heavy atom. The molecule has 1 saturated heterocycles. The fourth-order valence-corrected chi connectivity index (χ4v) is 4.15. The lowest BCUT2D eigenvalue weighted by molar-refractivity contribution is -0.275. The van der Waals surface area contributed by atoms with Gasteiger partial charge >= 0.3 is 12.4 Å². The molecule has 35 heavy (non-hydrogen) atoms. The topological polar surface area (TPSA) is 41.9 Å². The van der Waals surface area contributed by atoms with Crippen LogP contribution in [0.5, 0.6) is 0 Å². The second kappa shape index (κ2) is 8.35. The molecule has 0 bridgehead atoms. The van der Waals surface area contributed by atoms with Gasteiger partial charge in [0.2, 0.25) is 5.91 Å². The van der Waals surface area contributed by atoms with Crippen molar-refractivity contribution in [3.63, 3.8) is 0 Å². The minimum atomic E-state index is -4.94. The molecule has 1 unspecified atom stereocenters. The maximum absolute atomic E-state index is 15.0. The molecule has 0 radical (unpaired) electrons. The van der Waals surface area contributed by atoms with E-state index in [1.165, 1.54) is 24.3 Å². The zero-order valence-electron chi connectivity index (χ0n) is 17.5. The molecule has 1 atom stereocenters. The summed E-state index contributed by atoms with van der Waals surface area (Å²) in [6.07, 6.45) is -12.1. The van der Waals surface area contributed by atoms with Crippen molar-refractivity contribution >= 4 is 23.2 Å². The molecule has 4 rings (SSSR count). The molecule has 2 aliphatic heterocycles. The predicted octanol–water partition coefficient (Wildman–Crippen LogP) is 6.02. The minimum absolute atomic E-state index is 0.0456. The van der Waals surface area contributed by atoms with Crippen molar-refractivity contribution < 1.29 is 44.8 Å². The number of benzene rings is 2. The average Bonchev–Trinajstić information content (AvgIpc) is 3.19. The number of oxime groups is 1. The first-order valence-electron chi connectivity index (χ1n) is 10.1. The molecule has 1 fully saturated rings. The van der Waals surface area contributed by atoms with Crippen molar-refractivity contribution in [2.75, 3.05) is 13.1 Å². The maximum atomic E-state index is 15.0. The Balaban J connectivity index is 1.49. The van der Waals surface area contributed by atoms with E-state index in [0.29, 0.717) is 0 Å². The van der Waals surface area contributed by atoms with Crippen LogP contribution < -0.4 is 0 Å². The molecule has 0 aromatic heterocycles. The van der Waals surface area contributed by atoms with Gasteiger partial charge in [-0.3, -0.25) is 4.79 Å². The highest BCUT2D eigenvalue weighted by molar-refractivity contribution is 6.30. The van der Waals surface area contributed by atoms with Crippen LogP contribution in [0, 0.1) is 5.82 Å². The molecule has 4 nitrogen and oxygen atoms in total. The van der Waals surface area contributed by atoms with E-state index in [0.717, 1.165) is 23.1 Å². The van der Waals surface area contributed by atoms with E-state index in [-0.39, 0.29) is 16.8 Å². The monoisotopic (exact) mass is 526 g/mol. The zero-order valence-corrected chi connectivity index (χ0v) is 18.2. The van der Waals surface area contributed by atoms with Crippen LogP contribution in [0.15, 0.2) is 47.6 Å². The van der Waals surface area contributed by atoms with Gasteiger partial charge in [-0.05, 0) is 23.3 Å². The Kier molecular flexibility index (Phi) is 6.02. The molecule has 0 aliphatic carbocycles. The van der Waals surface area contributed by atoms with Crippen molar-refractivity contribution in [2.45, 2.75) is 36.5 Å². The Hall–Kier alpha value is -2.89. The maximum Gasteiger partial charge on any atom is 0.435 e. The number of alkyl halides is 7. The van der Waals surface area contributed by atoms with Crippen LogP contribution in [0.25, 0.3) is 0 Å². The molecule has 188 valence electrons. The Labute approximate surface area is 198 Å². The summed E-state index contributed by atoms with van der Waals surface area (Å²) < 4.78 is 108. The van der Waals surface area contributed by atoms with E-state index in [9.17, 15) is 35.5 Å². The normalized spacial score (nSPS) is 21.9. The van der Waals surface area contributed by atoms with Gasteiger partial charge in [-0.25, -0.2) is 8.78 Å². The molecule has 0 spiro atoms. The highest BCUT2D eigenvalue weighted by Gasteiger charge is 2.62. The number of rotatable bonds is 4. The highest BCUT2D eigenvalue weighted by Crippen LogP contribution is 2.49. The largest absolute Gasteiger partial charge is 0.435 e.